The Balaban J connectivity index is 2.31. The number of ether oxygens (including phenoxy) is 1. The molecule has 0 radical (unpaired) electrons. The van der Waals surface area contributed by atoms with E-state index in [0.29, 0.717) is 0 Å². The van der Waals surface area contributed by atoms with Gasteiger partial charge < -0.3 is 14.6 Å². The zero-order valence-electron chi connectivity index (χ0n) is 14.2. The van der Waals surface area contributed by atoms with Crippen molar-refractivity contribution in [3.8, 4) is 11.5 Å². The van der Waals surface area contributed by atoms with Gasteiger partial charge in [0.1, 0.15) is 17.2 Å². The Hall–Kier alpha value is -2.25. The van der Waals surface area contributed by atoms with Crippen molar-refractivity contribution in [1.29, 1.82) is 0 Å². The van der Waals surface area contributed by atoms with Crippen LogP contribution in [0.5, 0.6) is 11.5 Å². The maximum atomic E-state index is 12.7. The normalized spacial score (nSPS) is 11.9. The molecule has 146 valence electrons. The van der Waals surface area contributed by atoms with E-state index in [-0.39, 0.29) is 34.2 Å². The first-order valence-corrected chi connectivity index (χ1v) is 10.6. The fraction of sp³-hybridized carbons (Fsp3) is 0.250. The third-order valence-corrected chi connectivity index (χ3v) is 4.52. The average molecular weight is 423 g/mol. The van der Waals surface area contributed by atoms with E-state index in [2.05, 4.69) is 5.32 Å². The van der Waals surface area contributed by atoms with E-state index >= 15 is 0 Å². The van der Waals surface area contributed by atoms with Gasteiger partial charge in [0.05, 0.1) is 28.9 Å². The quantitative estimate of drug-likeness (QED) is 0.348. The number of nitro benzene ring substituents is 1. The second-order valence-corrected chi connectivity index (χ2v) is 9.96. The smallest absolute Gasteiger partial charge is 0.416 e. The standard InChI is InChI=1S/C16H15ClF3N2O4P/c1-27(2,25)9-21-13-8-11(4-5-14(13)22(23)24)26-15-6-3-10(7-12(15)17)16(18,19)20/h3-8,21H,9H2,1-2H3. The van der Waals surface area contributed by atoms with E-state index in [9.17, 15) is 27.9 Å². The van der Waals surface area contributed by atoms with Crippen molar-refractivity contribution in [2.45, 2.75) is 6.18 Å². The Bertz CT molecular complexity index is 915. The van der Waals surface area contributed by atoms with Crippen LogP contribution in [0.2, 0.25) is 5.02 Å². The summed E-state index contributed by atoms with van der Waals surface area (Å²) in [5.74, 6) is 0.0768. The minimum atomic E-state index is -4.54. The lowest BCUT2D eigenvalue weighted by atomic mass is 10.2. The summed E-state index contributed by atoms with van der Waals surface area (Å²) in [5.41, 5.74) is -1.11. The fourth-order valence-corrected chi connectivity index (χ4v) is 2.81. The van der Waals surface area contributed by atoms with Gasteiger partial charge in [-0.3, -0.25) is 10.1 Å². The summed E-state index contributed by atoms with van der Waals surface area (Å²) >= 11 is 5.84. The first-order valence-electron chi connectivity index (χ1n) is 7.48. The molecule has 0 heterocycles. The molecule has 0 unspecified atom stereocenters. The van der Waals surface area contributed by atoms with Crippen LogP contribution in [0.3, 0.4) is 0 Å². The Labute approximate surface area is 157 Å². The van der Waals surface area contributed by atoms with Crippen LogP contribution in [0.25, 0.3) is 0 Å². The number of hydrogen-bond acceptors (Lipinski definition) is 5. The molecule has 0 saturated heterocycles. The molecule has 0 aliphatic heterocycles. The number of hydrogen-bond donors (Lipinski definition) is 1. The van der Waals surface area contributed by atoms with Crippen LogP contribution >= 0.6 is 18.7 Å². The topological polar surface area (TPSA) is 81.5 Å². The Kier molecular flexibility index (Phi) is 6.07. The minimum absolute atomic E-state index is 0.0261. The average Bonchev–Trinajstić information content (AvgIpc) is 2.53. The van der Waals surface area contributed by atoms with Gasteiger partial charge in [-0.05, 0) is 37.6 Å². The van der Waals surface area contributed by atoms with Crippen LogP contribution in [0.1, 0.15) is 5.56 Å². The van der Waals surface area contributed by atoms with E-state index in [1.165, 1.54) is 31.5 Å². The number of nitrogens with one attached hydrogen (secondary N) is 1. The predicted octanol–water partition coefficient (Wildman–Crippen LogP) is 6.05. The molecular formula is C16H15ClF3N2O4P. The molecule has 11 heteroatoms. The molecule has 2 aromatic carbocycles. The Morgan fingerprint density at radius 1 is 1.22 bits per heavy atom. The number of anilines is 1. The van der Waals surface area contributed by atoms with Gasteiger partial charge in [-0.1, -0.05) is 11.6 Å². The van der Waals surface area contributed by atoms with Crippen LogP contribution in [0, 0.1) is 10.1 Å². The maximum Gasteiger partial charge on any atom is 0.416 e. The van der Waals surface area contributed by atoms with Gasteiger partial charge in [0.25, 0.3) is 5.69 Å². The third kappa shape index (κ3) is 5.87. The van der Waals surface area contributed by atoms with Crippen molar-refractivity contribution in [3.63, 3.8) is 0 Å². The Morgan fingerprint density at radius 3 is 2.41 bits per heavy atom. The molecule has 2 rings (SSSR count). The zero-order chi connectivity index (χ0) is 20.4. The van der Waals surface area contributed by atoms with E-state index < -0.39 is 23.8 Å². The highest BCUT2D eigenvalue weighted by Gasteiger charge is 2.31. The second kappa shape index (κ2) is 7.78. The number of rotatable bonds is 6. The first kappa shape index (κ1) is 21.1. The molecule has 1 N–H and O–H groups in total. The van der Waals surface area contributed by atoms with Gasteiger partial charge in [0, 0.05) is 12.1 Å². The van der Waals surface area contributed by atoms with E-state index in [4.69, 9.17) is 16.3 Å². The van der Waals surface area contributed by atoms with Gasteiger partial charge in [0.2, 0.25) is 0 Å². The molecule has 0 spiro atoms. The van der Waals surface area contributed by atoms with Crippen molar-refractivity contribution in [2.24, 2.45) is 0 Å². The molecular weight excluding hydrogens is 408 g/mol. The van der Waals surface area contributed by atoms with Crippen molar-refractivity contribution in [3.05, 3.63) is 57.1 Å². The molecule has 0 saturated carbocycles. The summed E-state index contributed by atoms with van der Waals surface area (Å²) in [6.45, 7) is 3.04. The summed E-state index contributed by atoms with van der Waals surface area (Å²) < 4.78 is 55.3. The minimum Gasteiger partial charge on any atom is -0.456 e. The zero-order valence-corrected chi connectivity index (χ0v) is 15.9. The number of halogens is 4. The van der Waals surface area contributed by atoms with Crippen LogP contribution in [0.4, 0.5) is 24.5 Å². The lowest BCUT2D eigenvalue weighted by Gasteiger charge is -2.13. The number of alkyl halides is 3. The highest BCUT2D eigenvalue weighted by Crippen LogP contribution is 2.40. The molecule has 0 fully saturated rings. The highest BCUT2D eigenvalue weighted by molar-refractivity contribution is 7.62. The molecule has 27 heavy (non-hydrogen) atoms. The summed E-state index contributed by atoms with van der Waals surface area (Å²) in [6, 6.07) is 6.36. The molecule has 6 nitrogen and oxygen atoms in total. The van der Waals surface area contributed by atoms with Crippen LogP contribution < -0.4 is 10.1 Å². The number of benzene rings is 2. The molecule has 0 amide bonds. The van der Waals surface area contributed by atoms with E-state index in [1.54, 1.807) is 0 Å². The summed E-state index contributed by atoms with van der Waals surface area (Å²) in [6.07, 6.45) is -4.51. The van der Waals surface area contributed by atoms with Gasteiger partial charge in [0.15, 0.2) is 0 Å². The Morgan fingerprint density at radius 2 is 1.89 bits per heavy atom. The first-order chi connectivity index (χ1) is 12.4. The summed E-state index contributed by atoms with van der Waals surface area (Å²) in [7, 11) is -2.49. The van der Waals surface area contributed by atoms with Crippen LogP contribution in [-0.4, -0.2) is 24.5 Å². The molecule has 0 atom stereocenters. The van der Waals surface area contributed by atoms with Gasteiger partial charge in [-0.15, -0.1) is 0 Å². The molecule has 2 aromatic rings. The molecule has 0 aliphatic rings. The number of nitro groups is 1. The monoisotopic (exact) mass is 422 g/mol. The van der Waals surface area contributed by atoms with Crippen molar-refractivity contribution >= 4 is 30.1 Å². The lowest BCUT2D eigenvalue weighted by Crippen LogP contribution is -2.05. The fourth-order valence-electron chi connectivity index (χ4n) is 2.04. The molecule has 0 aliphatic carbocycles. The number of nitrogens with zero attached hydrogens (tertiary/aromatic N) is 1. The molecule has 0 bridgehead atoms. The van der Waals surface area contributed by atoms with Crippen molar-refractivity contribution in [1.82, 2.24) is 0 Å². The third-order valence-electron chi connectivity index (χ3n) is 3.30. The van der Waals surface area contributed by atoms with Gasteiger partial charge in [-0.2, -0.15) is 13.2 Å². The highest BCUT2D eigenvalue weighted by atomic mass is 35.5. The summed E-state index contributed by atoms with van der Waals surface area (Å²) in [5, 5.41) is 13.6. The molecule has 0 aromatic heterocycles. The van der Waals surface area contributed by atoms with Gasteiger partial charge >= 0.3 is 6.18 Å². The lowest BCUT2D eigenvalue weighted by molar-refractivity contribution is -0.384. The van der Waals surface area contributed by atoms with Gasteiger partial charge in [-0.25, -0.2) is 0 Å². The predicted molar refractivity (Wildman–Crippen MR) is 97.6 cm³/mol. The van der Waals surface area contributed by atoms with Crippen molar-refractivity contribution in [2.75, 3.05) is 24.9 Å². The largest absolute Gasteiger partial charge is 0.456 e. The van der Waals surface area contributed by atoms with Crippen molar-refractivity contribution < 1.29 is 27.4 Å². The van der Waals surface area contributed by atoms with Crippen LogP contribution in [0.15, 0.2) is 36.4 Å². The SMILES string of the molecule is CP(C)(=O)CNc1cc(Oc2ccc(C(F)(F)F)cc2Cl)ccc1[N+](=O)[O-]. The van der Waals surface area contributed by atoms with E-state index in [1.807, 2.05) is 0 Å². The second-order valence-electron chi connectivity index (χ2n) is 6.09. The van der Waals surface area contributed by atoms with Crippen LogP contribution in [-0.2, 0) is 10.7 Å². The van der Waals surface area contributed by atoms with E-state index in [0.717, 1.165) is 18.2 Å². The maximum absolute atomic E-state index is 12.7. The summed E-state index contributed by atoms with van der Waals surface area (Å²) in [4.78, 5) is 10.5.